The highest BCUT2D eigenvalue weighted by Gasteiger charge is 2.44. The standard InChI is InChI=1S/C18H17Cl2NO2/c1-18(2)11-23-21(17(18)22)16(12-3-7-14(19)8-4-12)13-5-9-15(20)10-6-13/h3-10,16H,11H2,1-2H3. The topological polar surface area (TPSA) is 29.5 Å². The monoisotopic (exact) mass is 349 g/mol. The number of hydroxylamine groups is 2. The second kappa shape index (κ2) is 6.16. The summed E-state index contributed by atoms with van der Waals surface area (Å²) in [4.78, 5) is 18.4. The summed E-state index contributed by atoms with van der Waals surface area (Å²) in [5.74, 6) is -0.0348. The number of hydrogen-bond donors (Lipinski definition) is 0. The Labute approximate surface area is 145 Å². The van der Waals surface area contributed by atoms with E-state index in [1.54, 1.807) is 0 Å². The number of amides is 1. The Bertz CT molecular complexity index is 665. The molecule has 1 heterocycles. The van der Waals surface area contributed by atoms with Gasteiger partial charge in [-0.05, 0) is 49.2 Å². The predicted octanol–water partition coefficient (Wildman–Crippen LogP) is 4.88. The van der Waals surface area contributed by atoms with Crippen molar-refractivity contribution in [2.75, 3.05) is 6.61 Å². The highest BCUT2D eigenvalue weighted by molar-refractivity contribution is 6.30. The van der Waals surface area contributed by atoms with Crippen molar-refractivity contribution < 1.29 is 9.63 Å². The van der Waals surface area contributed by atoms with Crippen LogP contribution in [0, 0.1) is 5.41 Å². The van der Waals surface area contributed by atoms with Gasteiger partial charge in [0.05, 0.1) is 12.0 Å². The summed E-state index contributed by atoms with van der Waals surface area (Å²) in [6.45, 7) is 4.13. The Morgan fingerprint density at radius 3 is 1.74 bits per heavy atom. The number of rotatable bonds is 3. The molecule has 0 spiro atoms. The molecule has 0 N–H and O–H groups in total. The van der Waals surface area contributed by atoms with Crippen LogP contribution in [0.15, 0.2) is 48.5 Å². The first-order valence-electron chi connectivity index (χ1n) is 7.36. The van der Waals surface area contributed by atoms with E-state index in [2.05, 4.69) is 0 Å². The highest BCUT2D eigenvalue weighted by Crippen LogP contribution is 2.38. The van der Waals surface area contributed by atoms with E-state index in [1.807, 2.05) is 62.4 Å². The molecule has 0 bridgehead atoms. The Hall–Kier alpha value is -1.55. The maximum Gasteiger partial charge on any atom is 0.255 e. The lowest BCUT2D eigenvalue weighted by molar-refractivity contribution is -0.171. The first kappa shape index (κ1) is 16.3. The smallest absolute Gasteiger partial charge is 0.255 e. The van der Waals surface area contributed by atoms with Gasteiger partial charge in [0.15, 0.2) is 0 Å². The summed E-state index contributed by atoms with van der Waals surface area (Å²) < 4.78 is 0. The van der Waals surface area contributed by atoms with Crippen LogP contribution in [0.25, 0.3) is 0 Å². The minimum Gasteiger partial charge on any atom is -0.272 e. The van der Waals surface area contributed by atoms with Crippen LogP contribution in [0.2, 0.25) is 10.0 Å². The Kier molecular flexibility index (Phi) is 4.37. The summed E-state index contributed by atoms with van der Waals surface area (Å²) in [5.41, 5.74) is 1.34. The van der Waals surface area contributed by atoms with Crippen LogP contribution >= 0.6 is 23.2 Å². The van der Waals surface area contributed by atoms with Gasteiger partial charge in [0.25, 0.3) is 5.91 Å². The molecule has 0 atom stereocenters. The van der Waals surface area contributed by atoms with Crippen LogP contribution < -0.4 is 0 Å². The lowest BCUT2D eigenvalue weighted by Gasteiger charge is -2.28. The summed E-state index contributed by atoms with van der Waals surface area (Å²) in [7, 11) is 0. The van der Waals surface area contributed by atoms with Crippen molar-refractivity contribution in [1.82, 2.24) is 5.06 Å². The molecule has 1 amide bonds. The quantitative estimate of drug-likeness (QED) is 0.789. The summed E-state index contributed by atoms with van der Waals surface area (Å²) in [6.07, 6.45) is 0. The second-order valence-electron chi connectivity index (χ2n) is 6.29. The summed E-state index contributed by atoms with van der Waals surface area (Å²) >= 11 is 12.0. The van der Waals surface area contributed by atoms with Crippen LogP contribution in [-0.2, 0) is 9.63 Å². The van der Waals surface area contributed by atoms with E-state index in [1.165, 1.54) is 5.06 Å². The van der Waals surface area contributed by atoms with Gasteiger partial charge in [0.1, 0.15) is 6.04 Å². The average molecular weight is 350 g/mol. The van der Waals surface area contributed by atoms with E-state index in [9.17, 15) is 4.79 Å². The minimum absolute atomic E-state index is 0.0348. The molecule has 1 saturated heterocycles. The molecule has 1 fully saturated rings. The Balaban J connectivity index is 2.05. The summed E-state index contributed by atoms with van der Waals surface area (Å²) in [6, 6.07) is 14.5. The molecule has 2 aromatic carbocycles. The SMILES string of the molecule is CC1(C)CON(C(c2ccc(Cl)cc2)c2ccc(Cl)cc2)C1=O. The lowest BCUT2D eigenvalue weighted by atomic mass is 9.92. The third-order valence-electron chi connectivity index (χ3n) is 3.95. The largest absolute Gasteiger partial charge is 0.272 e. The van der Waals surface area contributed by atoms with Crippen molar-refractivity contribution in [2.45, 2.75) is 19.9 Å². The van der Waals surface area contributed by atoms with Crippen LogP contribution in [-0.4, -0.2) is 17.6 Å². The van der Waals surface area contributed by atoms with Crippen LogP contribution in [0.1, 0.15) is 31.0 Å². The molecule has 0 aliphatic carbocycles. The van der Waals surface area contributed by atoms with Crippen molar-refractivity contribution in [2.24, 2.45) is 5.41 Å². The van der Waals surface area contributed by atoms with Crippen molar-refractivity contribution in [3.63, 3.8) is 0 Å². The molecule has 1 aliphatic rings. The molecule has 23 heavy (non-hydrogen) atoms. The van der Waals surface area contributed by atoms with E-state index >= 15 is 0 Å². The molecule has 2 aromatic rings. The van der Waals surface area contributed by atoms with E-state index in [0.717, 1.165) is 11.1 Å². The fourth-order valence-electron chi connectivity index (χ4n) is 2.59. The van der Waals surface area contributed by atoms with Gasteiger partial charge in [-0.1, -0.05) is 47.5 Å². The maximum absolute atomic E-state index is 12.7. The maximum atomic E-state index is 12.7. The van der Waals surface area contributed by atoms with Crippen molar-refractivity contribution in [3.05, 3.63) is 69.7 Å². The van der Waals surface area contributed by atoms with Gasteiger partial charge in [0.2, 0.25) is 0 Å². The zero-order valence-electron chi connectivity index (χ0n) is 12.9. The second-order valence-corrected chi connectivity index (χ2v) is 7.17. The van der Waals surface area contributed by atoms with Gasteiger partial charge in [-0.3, -0.25) is 9.63 Å². The number of halogens is 2. The lowest BCUT2D eigenvalue weighted by Crippen LogP contribution is -2.34. The molecule has 1 aliphatic heterocycles. The average Bonchev–Trinajstić information content (AvgIpc) is 2.78. The van der Waals surface area contributed by atoms with Gasteiger partial charge in [-0.2, -0.15) is 0 Å². The molecule has 5 heteroatoms. The first-order chi connectivity index (χ1) is 10.9. The van der Waals surface area contributed by atoms with Crippen LogP contribution in [0.4, 0.5) is 0 Å². The molecule has 3 nitrogen and oxygen atoms in total. The Morgan fingerprint density at radius 1 is 0.957 bits per heavy atom. The van der Waals surface area contributed by atoms with Gasteiger partial charge >= 0.3 is 0 Å². The van der Waals surface area contributed by atoms with Crippen LogP contribution in [0.5, 0.6) is 0 Å². The van der Waals surface area contributed by atoms with Crippen molar-refractivity contribution in [3.8, 4) is 0 Å². The summed E-state index contributed by atoms with van der Waals surface area (Å²) in [5, 5.41) is 2.77. The van der Waals surface area contributed by atoms with Gasteiger partial charge in [-0.15, -0.1) is 0 Å². The van der Waals surface area contributed by atoms with Gasteiger partial charge in [-0.25, -0.2) is 5.06 Å². The Morgan fingerprint density at radius 2 is 1.39 bits per heavy atom. The van der Waals surface area contributed by atoms with Gasteiger partial charge in [0, 0.05) is 10.0 Å². The highest BCUT2D eigenvalue weighted by atomic mass is 35.5. The fraction of sp³-hybridized carbons (Fsp3) is 0.278. The van der Waals surface area contributed by atoms with Crippen molar-refractivity contribution in [1.29, 1.82) is 0 Å². The number of nitrogens with zero attached hydrogens (tertiary/aromatic N) is 1. The van der Waals surface area contributed by atoms with Gasteiger partial charge < -0.3 is 0 Å². The predicted molar refractivity (Wildman–Crippen MR) is 91.3 cm³/mol. The third kappa shape index (κ3) is 3.23. The van der Waals surface area contributed by atoms with E-state index in [0.29, 0.717) is 16.7 Å². The molecule has 0 unspecified atom stereocenters. The zero-order valence-corrected chi connectivity index (χ0v) is 14.4. The molecule has 0 saturated carbocycles. The molecular formula is C18H17Cl2NO2. The molecular weight excluding hydrogens is 333 g/mol. The molecule has 3 rings (SSSR count). The van der Waals surface area contributed by atoms with E-state index in [4.69, 9.17) is 28.0 Å². The molecule has 0 radical (unpaired) electrons. The van der Waals surface area contributed by atoms with E-state index in [-0.39, 0.29) is 11.9 Å². The number of carbonyl (C=O) groups is 1. The number of hydrogen-bond acceptors (Lipinski definition) is 2. The molecule has 0 aromatic heterocycles. The van der Waals surface area contributed by atoms with E-state index < -0.39 is 5.41 Å². The minimum atomic E-state index is -0.531. The normalized spacial score (nSPS) is 17.1. The molecule has 120 valence electrons. The first-order valence-corrected chi connectivity index (χ1v) is 8.11. The third-order valence-corrected chi connectivity index (χ3v) is 4.45. The number of carbonyl (C=O) groups excluding carboxylic acids is 1. The van der Waals surface area contributed by atoms with Crippen LogP contribution in [0.3, 0.4) is 0 Å². The zero-order chi connectivity index (χ0) is 16.6. The van der Waals surface area contributed by atoms with Crippen molar-refractivity contribution >= 4 is 29.1 Å². The fourth-order valence-corrected chi connectivity index (χ4v) is 2.85. The number of benzene rings is 2.